The van der Waals surface area contributed by atoms with Gasteiger partial charge in [-0.1, -0.05) is 47.7 Å². The van der Waals surface area contributed by atoms with Crippen molar-refractivity contribution in [3.05, 3.63) is 58.9 Å². The Morgan fingerprint density at radius 2 is 1.89 bits per heavy atom. The molecule has 142 valence electrons. The number of hydrogen-bond donors (Lipinski definition) is 0. The monoisotopic (exact) mass is 384 g/mol. The van der Waals surface area contributed by atoms with Gasteiger partial charge in [0.15, 0.2) is 4.80 Å². The normalized spacial score (nSPS) is 11.9. The van der Waals surface area contributed by atoms with Crippen LogP contribution in [0.3, 0.4) is 0 Å². The number of para-hydroxylation sites is 1. The molecule has 0 bridgehead atoms. The Bertz CT molecular complexity index is 960. The minimum Gasteiger partial charge on any atom is -0.492 e. The van der Waals surface area contributed by atoms with Crippen LogP contribution in [0.5, 0.6) is 5.75 Å². The molecule has 0 aliphatic rings. The topological polar surface area (TPSA) is 52.8 Å². The van der Waals surface area contributed by atoms with Gasteiger partial charge in [-0.2, -0.15) is 4.99 Å². The second-order valence-electron chi connectivity index (χ2n) is 5.94. The number of fused-ring (bicyclic) bond motifs is 1. The van der Waals surface area contributed by atoms with Crippen LogP contribution < -0.4 is 9.54 Å². The SMILES string of the molecule is CCOCCn1c(=NC(=O)Cc2ccccc2)sc2cccc(OCC)c21. The van der Waals surface area contributed by atoms with Crippen LogP contribution in [0.15, 0.2) is 53.5 Å². The third-order valence-corrected chi connectivity index (χ3v) is 5.09. The molecule has 0 unspecified atom stereocenters. The summed E-state index contributed by atoms with van der Waals surface area (Å²) in [6.07, 6.45) is 0.291. The lowest BCUT2D eigenvalue weighted by molar-refractivity contribution is -0.117. The van der Waals surface area contributed by atoms with E-state index in [4.69, 9.17) is 9.47 Å². The molecule has 1 heterocycles. The predicted molar refractivity (Wildman–Crippen MR) is 108 cm³/mol. The number of ether oxygens (including phenoxy) is 2. The van der Waals surface area contributed by atoms with Gasteiger partial charge in [0, 0.05) is 13.2 Å². The highest BCUT2D eigenvalue weighted by Gasteiger charge is 2.13. The first-order chi connectivity index (χ1) is 13.2. The molecule has 0 fully saturated rings. The largest absolute Gasteiger partial charge is 0.492 e. The van der Waals surface area contributed by atoms with Crippen molar-refractivity contribution in [2.45, 2.75) is 26.8 Å². The second-order valence-corrected chi connectivity index (χ2v) is 6.95. The summed E-state index contributed by atoms with van der Waals surface area (Å²) in [5.74, 6) is 0.649. The van der Waals surface area contributed by atoms with E-state index in [1.165, 1.54) is 11.3 Å². The summed E-state index contributed by atoms with van der Waals surface area (Å²) in [4.78, 5) is 17.6. The minimum absolute atomic E-state index is 0.157. The molecule has 0 spiro atoms. The first-order valence-corrected chi connectivity index (χ1v) is 9.99. The zero-order valence-electron chi connectivity index (χ0n) is 15.7. The molecule has 3 aromatic rings. The molecule has 27 heavy (non-hydrogen) atoms. The van der Waals surface area contributed by atoms with Crippen molar-refractivity contribution in [3.63, 3.8) is 0 Å². The van der Waals surface area contributed by atoms with Gasteiger partial charge in [-0.05, 0) is 31.5 Å². The van der Waals surface area contributed by atoms with Crippen molar-refractivity contribution >= 4 is 27.5 Å². The number of benzene rings is 2. The lowest BCUT2D eigenvalue weighted by Crippen LogP contribution is -2.20. The average molecular weight is 385 g/mol. The molecule has 0 atom stereocenters. The van der Waals surface area contributed by atoms with Gasteiger partial charge in [0.1, 0.15) is 11.3 Å². The molecule has 1 amide bonds. The van der Waals surface area contributed by atoms with Gasteiger partial charge in [-0.3, -0.25) is 4.79 Å². The molecule has 0 aliphatic carbocycles. The molecular formula is C21H24N2O3S. The molecule has 6 heteroatoms. The molecule has 0 aliphatic heterocycles. The number of thiazole rings is 1. The fourth-order valence-corrected chi connectivity index (χ4v) is 3.97. The summed E-state index contributed by atoms with van der Waals surface area (Å²) < 4.78 is 14.4. The Balaban J connectivity index is 2.01. The lowest BCUT2D eigenvalue weighted by Gasteiger charge is -2.09. The van der Waals surface area contributed by atoms with Gasteiger partial charge >= 0.3 is 0 Å². The smallest absolute Gasteiger partial charge is 0.252 e. The summed E-state index contributed by atoms with van der Waals surface area (Å²) >= 11 is 1.50. The van der Waals surface area contributed by atoms with Gasteiger partial charge in [-0.25, -0.2) is 0 Å². The number of hydrogen-bond acceptors (Lipinski definition) is 4. The number of carbonyl (C=O) groups excluding carboxylic acids is 1. The van der Waals surface area contributed by atoms with Gasteiger partial charge in [-0.15, -0.1) is 0 Å². The van der Waals surface area contributed by atoms with E-state index in [0.717, 1.165) is 21.5 Å². The number of aromatic nitrogens is 1. The van der Waals surface area contributed by atoms with Crippen molar-refractivity contribution in [2.75, 3.05) is 19.8 Å². The first kappa shape index (κ1) is 19.3. The number of rotatable bonds is 8. The standard InChI is InChI=1S/C21H24N2O3S/c1-3-25-14-13-23-20-17(26-4-2)11-8-12-18(20)27-21(23)22-19(24)15-16-9-6-5-7-10-16/h5-12H,3-4,13-15H2,1-2H3. The summed E-state index contributed by atoms with van der Waals surface area (Å²) in [5.41, 5.74) is 1.93. The maximum atomic E-state index is 12.5. The Morgan fingerprint density at radius 3 is 2.63 bits per heavy atom. The van der Waals surface area contributed by atoms with E-state index in [0.29, 0.717) is 37.6 Å². The Hall–Kier alpha value is -2.44. The summed E-state index contributed by atoms with van der Waals surface area (Å²) in [6, 6.07) is 15.6. The van der Waals surface area contributed by atoms with Crippen LogP contribution >= 0.6 is 11.3 Å². The minimum atomic E-state index is -0.157. The van der Waals surface area contributed by atoms with Gasteiger partial charge < -0.3 is 14.0 Å². The fraction of sp³-hybridized carbons (Fsp3) is 0.333. The van der Waals surface area contributed by atoms with Crippen LogP contribution in [-0.4, -0.2) is 30.3 Å². The van der Waals surface area contributed by atoms with Crippen molar-refractivity contribution in [3.8, 4) is 5.75 Å². The molecule has 5 nitrogen and oxygen atoms in total. The first-order valence-electron chi connectivity index (χ1n) is 9.17. The third kappa shape index (κ3) is 4.84. The average Bonchev–Trinajstić information content (AvgIpc) is 3.01. The van der Waals surface area contributed by atoms with Gasteiger partial charge in [0.05, 0.1) is 24.3 Å². The number of carbonyl (C=O) groups is 1. The van der Waals surface area contributed by atoms with E-state index in [-0.39, 0.29) is 5.91 Å². The van der Waals surface area contributed by atoms with Gasteiger partial charge in [0.2, 0.25) is 0 Å². The molecular weight excluding hydrogens is 360 g/mol. The molecule has 3 rings (SSSR count). The van der Waals surface area contributed by atoms with Crippen LogP contribution in [0.1, 0.15) is 19.4 Å². The van der Waals surface area contributed by atoms with E-state index in [2.05, 4.69) is 4.99 Å². The maximum Gasteiger partial charge on any atom is 0.252 e. The number of amides is 1. The van der Waals surface area contributed by atoms with Crippen LogP contribution in [-0.2, 0) is 22.5 Å². The quantitative estimate of drug-likeness (QED) is 0.555. The third-order valence-electron chi connectivity index (χ3n) is 4.05. The van der Waals surface area contributed by atoms with E-state index in [1.54, 1.807) is 0 Å². The molecule has 0 N–H and O–H groups in total. The van der Waals surface area contributed by atoms with Crippen LogP contribution in [0.2, 0.25) is 0 Å². The number of nitrogens with zero attached hydrogens (tertiary/aromatic N) is 2. The lowest BCUT2D eigenvalue weighted by atomic mass is 10.1. The highest BCUT2D eigenvalue weighted by molar-refractivity contribution is 7.16. The van der Waals surface area contributed by atoms with Crippen molar-refractivity contribution in [1.82, 2.24) is 4.57 Å². The van der Waals surface area contributed by atoms with Crippen molar-refractivity contribution in [1.29, 1.82) is 0 Å². The second kappa shape index (κ2) is 9.48. The molecule has 1 aromatic heterocycles. The van der Waals surface area contributed by atoms with E-state index in [1.807, 2.05) is 66.9 Å². The molecule has 2 aromatic carbocycles. The van der Waals surface area contributed by atoms with Gasteiger partial charge in [0.25, 0.3) is 5.91 Å². The Morgan fingerprint density at radius 1 is 1.07 bits per heavy atom. The Kier molecular flexibility index (Phi) is 6.79. The van der Waals surface area contributed by atoms with Crippen LogP contribution in [0.4, 0.5) is 0 Å². The zero-order valence-corrected chi connectivity index (χ0v) is 16.5. The molecule has 0 radical (unpaired) electrons. The summed E-state index contributed by atoms with van der Waals surface area (Å²) in [5, 5.41) is 0. The molecule has 0 saturated carbocycles. The fourth-order valence-electron chi connectivity index (χ4n) is 2.88. The maximum absolute atomic E-state index is 12.5. The summed E-state index contributed by atoms with van der Waals surface area (Å²) in [6.45, 7) is 6.35. The Labute approximate surface area is 162 Å². The van der Waals surface area contributed by atoms with Crippen LogP contribution in [0.25, 0.3) is 10.2 Å². The zero-order chi connectivity index (χ0) is 19.1. The summed E-state index contributed by atoms with van der Waals surface area (Å²) in [7, 11) is 0. The van der Waals surface area contributed by atoms with E-state index in [9.17, 15) is 4.79 Å². The van der Waals surface area contributed by atoms with Crippen LogP contribution in [0, 0.1) is 0 Å². The molecule has 0 saturated heterocycles. The predicted octanol–water partition coefficient (Wildman–Crippen LogP) is 3.81. The van der Waals surface area contributed by atoms with Crippen molar-refractivity contribution < 1.29 is 14.3 Å². The highest BCUT2D eigenvalue weighted by Crippen LogP contribution is 2.27. The van der Waals surface area contributed by atoms with E-state index < -0.39 is 0 Å². The highest BCUT2D eigenvalue weighted by atomic mass is 32.1. The van der Waals surface area contributed by atoms with Crippen molar-refractivity contribution in [2.24, 2.45) is 4.99 Å². The van der Waals surface area contributed by atoms with E-state index >= 15 is 0 Å².